The summed E-state index contributed by atoms with van der Waals surface area (Å²) < 4.78 is 14.1. The molecule has 3 heterocycles. The molecular weight excluding hydrogens is 332 g/mol. The average molecular weight is 343 g/mol. The van der Waals surface area contributed by atoms with Gasteiger partial charge in [-0.2, -0.15) is 8.75 Å². The van der Waals surface area contributed by atoms with Gasteiger partial charge in [0.1, 0.15) is 0 Å². The van der Waals surface area contributed by atoms with Crippen LogP contribution in [0, 0.1) is 0 Å². The highest BCUT2D eigenvalue weighted by Gasteiger charge is 2.24. The minimum Gasteiger partial charge on any atom is -0.444 e. The summed E-state index contributed by atoms with van der Waals surface area (Å²) in [7, 11) is 0. The summed E-state index contributed by atoms with van der Waals surface area (Å²) in [4.78, 5) is 16.1. The molecule has 0 aromatic carbocycles. The Morgan fingerprint density at radius 3 is 2.68 bits per heavy atom. The molecule has 3 rings (SSSR count). The molecule has 6 nitrogen and oxygen atoms in total. The van der Waals surface area contributed by atoms with E-state index in [-0.39, 0.29) is 5.91 Å². The third-order valence-electron chi connectivity index (χ3n) is 3.02. The van der Waals surface area contributed by atoms with E-state index in [2.05, 4.69) is 29.6 Å². The van der Waals surface area contributed by atoms with E-state index >= 15 is 0 Å². The van der Waals surface area contributed by atoms with E-state index in [1.54, 1.807) is 23.2 Å². The third-order valence-corrected chi connectivity index (χ3v) is 3.92. The molecule has 0 unspecified atom stereocenters. The highest BCUT2D eigenvalue weighted by atomic mass is 79.9. The van der Waals surface area contributed by atoms with Crippen LogP contribution in [0.5, 0.6) is 0 Å². The number of hydrogen-bond donors (Lipinski definition) is 0. The molecule has 8 heteroatoms. The first-order chi connectivity index (χ1) is 9.24. The maximum Gasteiger partial charge on any atom is 0.289 e. The first-order valence-electron chi connectivity index (χ1n) is 5.81. The first-order valence-corrected chi connectivity index (χ1v) is 7.33. The molecule has 0 radical (unpaired) electrons. The highest BCUT2D eigenvalue weighted by Crippen LogP contribution is 2.18. The van der Waals surface area contributed by atoms with Crippen LogP contribution in [0.1, 0.15) is 10.6 Å². The lowest BCUT2D eigenvalue weighted by atomic mass is 10.3. The largest absolute Gasteiger partial charge is 0.444 e. The zero-order chi connectivity index (χ0) is 13.2. The van der Waals surface area contributed by atoms with Gasteiger partial charge in [-0.1, -0.05) is 0 Å². The van der Waals surface area contributed by atoms with Crippen LogP contribution in [0.15, 0.2) is 27.4 Å². The van der Waals surface area contributed by atoms with Crippen molar-refractivity contribution in [3.05, 3.63) is 28.8 Å². The summed E-state index contributed by atoms with van der Waals surface area (Å²) in [5.41, 5.74) is 0. The number of amides is 1. The standard InChI is InChI=1S/C11H11BrN4O2S/c12-9-2-1-8(18-9)11(17)16-5-3-15(4-6-16)10-7-13-19-14-10/h1-2,7H,3-6H2. The van der Waals surface area contributed by atoms with Gasteiger partial charge in [-0.25, -0.2) is 0 Å². The maximum absolute atomic E-state index is 12.2. The Kier molecular flexibility index (Phi) is 3.52. The Morgan fingerprint density at radius 2 is 2.11 bits per heavy atom. The van der Waals surface area contributed by atoms with E-state index in [0.717, 1.165) is 18.9 Å². The van der Waals surface area contributed by atoms with Crippen molar-refractivity contribution < 1.29 is 9.21 Å². The molecule has 0 N–H and O–H groups in total. The first kappa shape index (κ1) is 12.6. The van der Waals surface area contributed by atoms with Crippen LogP contribution >= 0.6 is 27.7 Å². The molecule has 0 saturated carbocycles. The van der Waals surface area contributed by atoms with E-state index in [9.17, 15) is 4.79 Å². The summed E-state index contributed by atoms with van der Waals surface area (Å²) >= 11 is 4.40. The summed E-state index contributed by atoms with van der Waals surface area (Å²) in [5.74, 6) is 1.19. The molecule has 2 aromatic rings. The maximum atomic E-state index is 12.2. The monoisotopic (exact) mass is 342 g/mol. The number of carbonyl (C=O) groups excluding carboxylic acids is 1. The van der Waals surface area contributed by atoms with Gasteiger partial charge in [0.2, 0.25) is 0 Å². The van der Waals surface area contributed by atoms with E-state index in [1.807, 2.05) is 0 Å². The predicted octanol–water partition coefficient (Wildman–Crippen LogP) is 1.86. The van der Waals surface area contributed by atoms with E-state index in [1.165, 1.54) is 11.7 Å². The molecule has 19 heavy (non-hydrogen) atoms. The molecule has 1 fully saturated rings. The van der Waals surface area contributed by atoms with Gasteiger partial charge in [0.05, 0.1) is 17.9 Å². The number of rotatable bonds is 2. The number of aromatic nitrogens is 2. The molecule has 1 aliphatic rings. The van der Waals surface area contributed by atoms with Crippen LogP contribution in [0.2, 0.25) is 0 Å². The summed E-state index contributed by atoms with van der Waals surface area (Å²) in [5, 5.41) is 0. The zero-order valence-electron chi connectivity index (χ0n) is 9.95. The van der Waals surface area contributed by atoms with Crippen LogP contribution in [-0.4, -0.2) is 45.7 Å². The average Bonchev–Trinajstić information content (AvgIpc) is 3.09. The molecule has 0 aliphatic carbocycles. The fourth-order valence-electron chi connectivity index (χ4n) is 2.02. The summed E-state index contributed by atoms with van der Waals surface area (Å²) in [6, 6.07) is 3.41. The van der Waals surface area contributed by atoms with E-state index < -0.39 is 0 Å². The van der Waals surface area contributed by atoms with Crippen LogP contribution in [0.4, 0.5) is 5.82 Å². The Bertz CT molecular complexity index is 563. The van der Waals surface area contributed by atoms with Gasteiger partial charge >= 0.3 is 0 Å². The number of furan rings is 1. The minimum atomic E-state index is -0.0678. The second kappa shape index (κ2) is 5.30. The molecule has 100 valence electrons. The molecule has 0 bridgehead atoms. The second-order valence-corrected chi connectivity index (χ2v) is 5.49. The molecule has 1 aliphatic heterocycles. The number of nitrogens with zero attached hydrogens (tertiary/aromatic N) is 4. The van der Waals surface area contributed by atoms with E-state index in [0.29, 0.717) is 23.5 Å². The van der Waals surface area contributed by atoms with Crippen molar-refractivity contribution in [2.45, 2.75) is 0 Å². The van der Waals surface area contributed by atoms with Gasteiger partial charge < -0.3 is 14.2 Å². The zero-order valence-corrected chi connectivity index (χ0v) is 12.4. The predicted molar refractivity (Wildman–Crippen MR) is 74.4 cm³/mol. The molecule has 0 atom stereocenters. The van der Waals surface area contributed by atoms with Gasteiger partial charge in [-0.05, 0) is 28.1 Å². The Hall–Kier alpha value is -1.41. The smallest absolute Gasteiger partial charge is 0.289 e. The van der Waals surface area contributed by atoms with Crippen molar-refractivity contribution in [3.63, 3.8) is 0 Å². The highest BCUT2D eigenvalue weighted by molar-refractivity contribution is 9.10. The SMILES string of the molecule is O=C(c1ccc(Br)o1)N1CCN(c2cnsn2)CC1. The van der Waals surface area contributed by atoms with Gasteiger partial charge in [0.25, 0.3) is 5.91 Å². The summed E-state index contributed by atoms with van der Waals surface area (Å²) in [6.45, 7) is 2.85. The fraction of sp³-hybridized carbons (Fsp3) is 0.364. The van der Waals surface area contributed by atoms with Crippen LogP contribution in [-0.2, 0) is 0 Å². The van der Waals surface area contributed by atoms with Gasteiger partial charge in [0, 0.05) is 26.2 Å². The molecule has 0 spiro atoms. The van der Waals surface area contributed by atoms with Crippen molar-refractivity contribution in [1.82, 2.24) is 13.6 Å². The third kappa shape index (κ3) is 2.64. The molecular formula is C11H11BrN4O2S. The Labute approximate surface area is 122 Å². The fourth-order valence-corrected chi connectivity index (χ4v) is 2.76. The lowest BCUT2D eigenvalue weighted by Crippen LogP contribution is -2.48. The number of piperazine rings is 1. The molecule has 2 aromatic heterocycles. The van der Waals surface area contributed by atoms with Crippen LogP contribution < -0.4 is 4.90 Å². The van der Waals surface area contributed by atoms with Gasteiger partial charge in [-0.15, -0.1) is 0 Å². The lowest BCUT2D eigenvalue weighted by molar-refractivity contribution is 0.0713. The molecule has 1 saturated heterocycles. The van der Waals surface area contributed by atoms with Crippen LogP contribution in [0.25, 0.3) is 0 Å². The van der Waals surface area contributed by atoms with Crippen molar-refractivity contribution in [1.29, 1.82) is 0 Å². The lowest BCUT2D eigenvalue weighted by Gasteiger charge is -2.34. The normalized spacial score (nSPS) is 15.8. The van der Waals surface area contributed by atoms with Crippen molar-refractivity contribution >= 4 is 39.4 Å². The van der Waals surface area contributed by atoms with Crippen LogP contribution in [0.3, 0.4) is 0 Å². The van der Waals surface area contributed by atoms with Gasteiger partial charge in [0.15, 0.2) is 16.2 Å². The number of halogens is 1. The number of hydrogen-bond acceptors (Lipinski definition) is 6. The van der Waals surface area contributed by atoms with E-state index in [4.69, 9.17) is 4.42 Å². The van der Waals surface area contributed by atoms with Gasteiger partial charge in [-0.3, -0.25) is 4.79 Å². The van der Waals surface area contributed by atoms with Crippen molar-refractivity contribution in [2.75, 3.05) is 31.1 Å². The molecule has 1 amide bonds. The number of anilines is 1. The summed E-state index contributed by atoms with van der Waals surface area (Å²) in [6.07, 6.45) is 1.76. The van der Waals surface area contributed by atoms with Crippen molar-refractivity contribution in [3.8, 4) is 0 Å². The minimum absolute atomic E-state index is 0.0678. The second-order valence-electron chi connectivity index (χ2n) is 4.15. The number of carbonyl (C=O) groups is 1. The van der Waals surface area contributed by atoms with Crippen molar-refractivity contribution in [2.24, 2.45) is 0 Å². The Balaban J connectivity index is 1.62. The topological polar surface area (TPSA) is 62.5 Å². The quantitative estimate of drug-likeness (QED) is 0.833. The Morgan fingerprint density at radius 1 is 1.32 bits per heavy atom.